The summed E-state index contributed by atoms with van der Waals surface area (Å²) in [7, 11) is 0. The van der Waals surface area contributed by atoms with Gasteiger partial charge in [-0.25, -0.2) is 0 Å². The van der Waals surface area contributed by atoms with E-state index in [4.69, 9.17) is 0 Å². The largest absolute Gasteiger partial charge is 0.311 e. The summed E-state index contributed by atoms with van der Waals surface area (Å²) in [5.74, 6) is 0. The van der Waals surface area contributed by atoms with E-state index in [1.807, 2.05) is 0 Å². The molecular weight excluding hydrogens is 227 g/mol. The summed E-state index contributed by atoms with van der Waals surface area (Å²) in [5.41, 5.74) is 0.503. The fourth-order valence-electron chi connectivity index (χ4n) is 2.75. The molecule has 0 amide bonds. The van der Waals surface area contributed by atoms with Gasteiger partial charge in [0.2, 0.25) is 0 Å². The van der Waals surface area contributed by atoms with Crippen LogP contribution in [0.15, 0.2) is 0 Å². The second-order valence-electron chi connectivity index (χ2n) is 7.75. The molecule has 3 heteroatoms. The molecule has 0 bridgehead atoms. The Kier molecular flexibility index (Phi) is 5.19. The molecule has 2 nitrogen and oxygen atoms in total. The van der Waals surface area contributed by atoms with E-state index in [1.54, 1.807) is 0 Å². The van der Waals surface area contributed by atoms with Crippen LogP contribution in [0.1, 0.15) is 48.0 Å². The molecule has 1 aliphatic rings. The number of nitrogens with one attached hydrogen (secondary N) is 1. The summed E-state index contributed by atoms with van der Waals surface area (Å²) in [6.45, 7) is 16.4. The number of halogens is 1. The predicted molar refractivity (Wildman–Crippen MR) is 76.7 cm³/mol. The second kappa shape index (κ2) is 5.87. The fourth-order valence-corrected chi connectivity index (χ4v) is 2.75. The van der Waals surface area contributed by atoms with Crippen LogP contribution in [0, 0.1) is 10.8 Å². The molecule has 0 aromatic carbocycles. The summed E-state index contributed by atoms with van der Waals surface area (Å²) in [6, 6.07) is 0.998. The van der Waals surface area contributed by atoms with Crippen LogP contribution in [-0.2, 0) is 0 Å². The van der Waals surface area contributed by atoms with Crippen molar-refractivity contribution in [1.29, 1.82) is 0 Å². The topological polar surface area (TPSA) is 15.3 Å². The number of hydrogen-bond acceptors (Lipinski definition) is 2. The lowest BCUT2D eigenvalue weighted by Crippen LogP contribution is -2.63. The average molecular weight is 258 g/mol. The van der Waals surface area contributed by atoms with Gasteiger partial charge in [-0.3, -0.25) is 9.29 Å². The van der Waals surface area contributed by atoms with Gasteiger partial charge in [-0.15, -0.1) is 0 Å². The maximum Gasteiger partial charge on any atom is 0.0906 e. The molecule has 1 aliphatic heterocycles. The van der Waals surface area contributed by atoms with E-state index in [1.165, 1.54) is 0 Å². The normalized spacial score (nSPS) is 27.5. The molecule has 1 saturated heterocycles. The van der Waals surface area contributed by atoms with Gasteiger partial charge in [-0.05, 0) is 17.3 Å². The van der Waals surface area contributed by atoms with Crippen molar-refractivity contribution < 1.29 is 4.39 Å². The predicted octanol–water partition coefficient (Wildman–Crippen LogP) is 3.08. The molecule has 0 spiro atoms. The minimum atomic E-state index is -0.207. The monoisotopic (exact) mass is 258 g/mol. The van der Waals surface area contributed by atoms with Crippen LogP contribution in [0.5, 0.6) is 0 Å². The Labute approximate surface area is 112 Å². The first kappa shape index (κ1) is 15.9. The Balaban J connectivity index is 2.73. The molecule has 0 radical (unpaired) electrons. The van der Waals surface area contributed by atoms with E-state index in [0.717, 1.165) is 19.6 Å². The van der Waals surface area contributed by atoms with Gasteiger partial charge in [0.05, 0.1) is 6.67 Å². The molecule has 108 valence electrons. The van der Waals surface area contributed by atoms with E-state index in [0.29, 0.717) is 18.5 Å². The lowest BCUT2D eigenvalue weighted by atomic mass is 9.79. The summed E-state index contributed by atoms with van der Waals surface area (Å²) >= 11 is 0. The van der Waals surface area contributed by atoms with Gasteiger partial charge >= 0.3 is 0 Å². The Morgan fingerprint density at radius 1 is 1.11 bits per heavy atom. The standard InChI is InChI=1S/C15H31FN2/c1-14(2,3)12-11-18(9-7-8-16)13(10-17-12)15(4,5)6/h12-13,17H,7-11H2,1-6H3. The van der Waals surface area contributed by atoms with Gasteiger partial charge in [0.1, 0.15) is 0 Å². The van der Waals surface area contributed by atoms with E-state index < -0.39 is 0 Å². The molecule has 0 aliphatic carbocycles. The third-order valence-electron chi connectivity index (χ3n) is 4.04. The molecule has 2 unspecified atom stereocenters. The van der Waals surface area contributed by atoms with Gasteiger partial charge in [0.15, 0.2) is 0 Å². The highest BCUT2D eigenvalue weighted by atomic mass is 19.1. The van der Waals surface area contributed by atoms with Gasteiger partial charge in [0.25, 0.3) is 0 Å². The van der Waals surface area contributed by atoms with Crippen LogP contribution in [-0.4, -0.2) is 43.3 Å². The van der Waals surface area contributed by atoms with E-state index in [2.05, 4.69) is 51.8 Å². The zero-order valence-electron chi connectivity index (χ0n) is 13.0. The van der Waals surface area contributed by atoms with Crippen LogP contribution >= 0.6 is 0 Å². The second-order valence-corrected chi connectivity index (χ2v) is 7.75. The van der Waals surface area contributed by atoms with Crippen molar-refractivity contribution in [1.82, 2.24) is 10.2 Å². The average Bonchev–Trinajstić information content (AvgIpc) is 2.23. The van der Waals surface area contributed by atoms with Gasteiger partial charge in [-0.1, -0.05) is 41.5 Å². The molecule has 0 aromatic rings. The first-order chi connectivity index (χ1) is 8.16. The number of nitrogens with zero attached hydrogens (tertiary/aromatic N) is 1. The first-order valence-electron chi connectivity index (χ1n) is 7.19. The smallest absolute Gasteiger partial charge is 0.0906 e. The van der Waals surface area contributed by atoms with Crippen LogP contribution in [0.2, 0.25) is 0 Å². The molecule has 0 saturated carbocycles. The van der Waals surface area contributed by atoms with Crippen molar-refractivity contribution in [2.24, 2.45) is 10.8 Å². The van der Waals surface area contributed by atoms with Crippen LogP contribution in [0.4, 0.5) is 4.39 Å². The molecular formula is C15H31FN2. The minimum absolute atomic E-state index is 0.207. The number of piperazine rings is 1. The lowest BCUT2D eigenvalue weighted by molar-refractivity contribution is 0.0287. The zero-order chi connectivity index (χ0) is 14.0. The van der Waals surface area contributed by atoms with Crippen molar-refractivity contribution in [3.8, 4) is 0 Å². The van der Waals surface area contributed by atoms with Crippen molar-refractivity contribution in [3.63, 3.8) is 0 Å². The van der Waals surface area contributed by atoms with Gasteiger partial charge < -0.3 is 5.32 Å². The lowest BCUT2D eigenvalue weighted by Gasteiger charge is -2.49. The molecule has 0 aromatic heterocycles. The maximum absolute atomic E-state index is 12.5. The summed E-state index contributed by atoms with van der Waals surface area (Å²) < 4.78 is 12.5. The molecule has 1 rings (SSSR count). The van der Waals surface area contributed by atoms with Gasteiger partial charge in [0, 0.05) is 31.7 Å². The Bertz CT molecular complexity index is 252. The molecule has 18 heavy (non-hydrogen) atoms. The van der Waals surface area contributed by atoms with E-state index in [-0.39, 0.29) is 17.5 Å². The molecule has 1 N–H and O–H groups in total. The van der Waals surface area contributed by atoms with Crippen molar-refractivity contribution in [2.45, 2.75) is 60.0 Å². The fraction of sp³-hybridized carbons (Fsp3) is 1.00. The maximum atomic E-state index is 12.5. The van der Waals surface area contributed by atoms with Crippen LogP contribution in [0.25, 0.3) is 0 Å². The number of rotatable bonds is 3. The highest BCUT2D eigenvalue weighted by Gasteiger charge is 2.38. The third kappa shape index (κ3) is 4.20. The van der Waals surface area contributed by atoms with Crippen molar-refractivity contribution >= 4 is 0 Å². The first-order valence-corrected chi connectivity index (χ1v) is 7.19. The van der Waals surface area contributed by atoms with E-state index in [9.17, 15) is 4.39 Å². The highest BCUT2D eigenvalue weighted by Crippen LogP contribution is 2.30. The van der Waals surface area contributed by atoms with Crippen LogP contribution in [0.3, 0.4) is 0 Å². The molecule has 1 heterocycles. The highest BCUT2D eigenvalue weighted by molar-refractivity contribution is 4.95. The van der Waals surface area contributed by atoms with Crippen molar-refractivity contribution in [3.05, 3.63) is 0 Å². The minimum Gasteiger partial charge on any atom is -0.311 e. The third-order valence-corrected chi connectivity index (χ3v) is 4.04. The Morgan fingerprint density at radius 2 is 1.72 bits per heavy atom. The summed E-state index contributed by atoms with van der Waals surface area (Å²) in [4.78, 5) is 2.49. The molecule has 1 fully saturated rings. The quantitative estimate of drug-likeness (QED) is 0.837. The number of hydrogen-bond donors (Lipinski definition) is 1. The molecule has 2 atom stereocenters. The summed E-state index contributed by atoms with van der Waals surface area (Å²) in [6.07, 6.45) is 0.656. The number of alkyl halides is 1. The SMILES string of the molecule is CC(C)(C)C1CN(CCCF)C(C(C)(C)C)CN1. The zero-order valence-corrected chi connectivity index (χ0v) is 13.0. The Morgan fingerprint density at radius 3 is 2.17 bits per heavy atom. The Hall–Kier alpha value is -0.150. The van der Waals surface area contributed by atoms with E-state index >= 15 is 0 Å². The van der Waals surface area contributed by atoms with Gasteiger partial charge in [-0.2, -0.15) is 0 Å². The summed E-state index contributed by atoms with van der Waals surface area (Å²) in [5, 5.41) is 3.69. The van der Waals surface area contributed by atoms with Crippen LogP contribution < -0.4 is 5.32 Å². The van der Waals surface area contributed by atoms with Crippen molar-refractivity contribution in [2.75, 3.05) is 26.3 Å².